The molecule has 2 heteroatoms. The highest BCUT2D eigenvalue weighted by Gasteiger charge is 2.25. The first-order valence-corrected chi connectivity index (χ1v) is 4.78. The van der Waals surface area contributed by atoms with Crippen LogP contribution in [0.4, 0.5) is 0 Å². The van der Waals surface area contributed by atoms with Crippen molar-refractivity contribution in [3.05, 3.63) is 0 Å². The Hall–Kier alpha value is 0.310. The van der Waals surface area contributed by atoms with E-state index in [1.165, 1.54) is 0 Å². The van der Waals surface area contributed by atoms with Crippen molar-refractivity contribution in [2.45, 2.75) is 44.1 Å². The summed E-state index contributed by atoms with van der Waals surface area (Å²) in [6.07, 6.45) is 0. The van der Waals surface area contributed by atoms with E-state index in [-0.39, 0.29) is 4.75 Å². The largest absolute Gasteiger partial charge is 0.383 e. The summed E-state index contributed by atoms with van der Waals surface area (Å²) in [5.74, 6) is 0. The Labute approximate surface area is 74.9 Å². The number of thioether (sulfide) groups is 1. The molecule has 0 rings (SSSR count). The molecule has 0 N–H and O–H groups in total. The molecule has 0 saturated carbocycles. The van der Waals surface area contributed by atoms with Gasteiger partial charge < -0.3 is 4.74 Å². The molecule has 1 nitrogen and oxygen atoms in total. The second-order valence-electron chi connectivity index (χ2n) is 4.41. The lowest BCUT2D eigenvalue weighted by molar-refractivity contribution is 0.178. The highest BCUT2D eigenvalue weighted by Crippen LogP contribution is 2.35. The smallest absolute Gasteiger partial charge is 0.0604 e. The Bertz CT molecular complexity index is 113. The quantitative estimate of drug-likeness (QED) is 0.654. The van der Waals surface area contributed by atoms with Crippen molar-refractivity contribution in [1.82, 2.24) is 0 Å². The molecule has 0 radical (unpaired) electrons. The van der Waals surface area contributed by atoms with Gasteiger partial charge in [-0.2, -0.15) is 0 Å². The van der Waals surface area contributed by atoms with Crippen LogP contribution in [0.25, 0.3) is 0 Å². The van der Waals surface area contributed by atoms with E-state index in [9.17, 15) is 0 Å². The van der Waals surface area contributed by atoms with Crippen molar-refractivity contribution < 1.29 is 4.74 Å². The van der Waals surface area contributed by atoms with Crippen LogP contribution in [0.1, 0.15) is 34.6 Å². The van der Waals surface area contributed by atoms with E-state index in [1.54, 1.807) is 7.11 Å². The van der Waals surface area contributed by atoms with Crippen LogP contribution in [0, 0.1) is 0 Å². The molecule has 0 spiro atoms. The van der Waals surface area contributed by atoms with Gasteiger partial charge in [0.25, 0.3) is 0 Å². The standard InChI is InChI=1S/C9H20OS/c1-8(2,3)11-9(4,5)7-10-6/h7H2,1-6H3. The zero-order valence-corrected chi connectivity index (χ0v) is 9.34. The predicted octanol–water partition coefficient (Wildman–Crippen LogP) is 2.94. The molecule has 0 amide bonds. The number of ether oxygens (including phenoxy) is 1. The molecule has 0 unspecified atom stereocenters. The molecule has 0 aromatic heterocycles. The van der Waals surface area contributed by atoms with Gasteiger partial charge in [0, 0.05) is 16.6 Å². The number of methoxy groups -OCH3 is 1. The third-order valence-electron chi connectivity index (χ3n) is 1.07. The minimum absolute atomic E-state index is 0.229. The van der Waals surface area contributed by atoms with Gasteiger partial charge in [0.2, 0.25) is 0 Å². The summed E-state index contributed by atoms with van der Waals surface area (Å²) in [4.78, 5) is 0. The summed E-state index contributed by atoms with van der Waals surface area (Å²) in [5, 5.41) is 0. The number of hydrogen-bond acceptors (Lipinski definition) is 2. The molecule has 0 heterocycles. The topological polar surface area (TPSA) is 9.23 Å². The van der Waals surface area contributed by atoms with E-state index in [0.29, 0.717) is 4.75 Å². The van der Waals surface area contributed by atoms with Crippen LogP contribution in [0.5, 0.6) is 0 Å². The maximum atomic E-state index is 5.13. The van der Waals surface area contributed by atoms with Crippen molar-refractivity contribution in [3.63, 3.8) is 0 Å². The van der Waals surface area contributed by atoms with Crippen molar-refractivity contribution in [2.24, 2.45) is 0 Å². The Morgan fingerprint density at radius 2 is 1.55 bits per heavy atom. The fraction of sp³-hybridized carbons (Fsp3) is 1.00. The second kappa shape index (κ2) is 3.81. The summed E-state index contributed by atoms with van der Waals surface area (Å²) in [6.45, 7) is 11.9. The van der Waals surface area contributed by atoms with Gasteiger partial charge >= 0.3 is 0 Å². The molecule has 0 saturated heterocycles. The molecule has 0 fully saturated rings. The van der Waals surface area contributed by atoms with Crippen molar-refractivity contribution in [1.29, 1.82) is 0 Å². The summed E-state index contributed by atoms with van der Waals surface area (Å²) >= 11 is 1.96. The van der Waals surface area contributed by atoms with Gasteiger partial charge in [-0.25, -0.2) is 0 Å². The minimum atomic E-state index is 0.229. The first-order chi connectivity index (χ1) is 4.77. The van der Waals surface area contributed by atoms with Crippen LogP contribution < -0.4 is 0 Å². The maximum Gasteiger partial charge on any atom is 0.0604 e. The van der Waals surface area contributed by atoms with Gasteiger partial charge in [-0.3, -0.25) is 0 Å². The van der Waals surface area contributed by atoms with E-state index in [1.807, 2.05) is 11.8 Å². The van der Waals surface area contributed by atoms with Gasteiger partial charge in [-0.1, -0.05) is 20.8 Å². The molecule has 0 aliphatic heterocycles. The molecule has 0 aliphatic rings. The molecule has 0 aromatic carbocycles. The van der Waals surface area contributed by atoms with E-state index in [2.05, 4.69) is 34.6 Å². The average molecular weight is 176 g/mol. The SMILES string of the molecule is COCC(C)(C)SC(C)(C)C. The van der Waals surface area contributed by atoms with Gasteiger partial charge in [0.1, 0.15) is 0 Å². The van der Waals surface area contributed by atoms with Crippen molar-refractivity contribution >= 4 is 11.8 Å². The van der Waals surface area contributed by atoms with Crippen LogP contribution >= 0.6 is 11.8 Å². The molecule has 0 bridgehead atoms. The van der Waals surface area contributed by atoms with Gasteiger partial charge in [0.15, 0.2) is 0 Å². The summed E-state index contributed by atoms with van der Waals surface area (Å²) in [5.41, 5.74) is 0. The zero-order chi connectivity index (χ0) is 9.12. The highest BCUT2D eigenvalue weighted by molar-refractivity contribution is 8.01. The Balaban J connectivity index is 3.91. The average Bonchev–Trinajstić information content (AvgIpc) is 1.55. The van der Waals surface area contributed by atoms with Gasteiger partial charge in [0.05, 0.1) is 6.61 Å². The predicted molar refractivity (Wildman–Crippen MR) is 53.3 cm³/mol. The Morgan fingerprint density at radius 3 is 1.82 bits per heavy atom. The number of hydrogen-bond donors (Lipinski definition) is 0. The van der Waals surface area contributed by atoms with Crippen LogP contribution in [0.2, 0.25) is 0 Å². The normalized spacial score (nSPS) is 13.6. The zero-order valence-electron chi connectivity index (χ0n) is 8.52. The van der Waals surface area contributed by atoms with Crippen LogP contribution in [0.3, 0.4) is 0 Å². The summed E-state index contributed by atoms with van der Waals surface area (Å²) in [6, 6.07) is 0. The molecule has 0 aromatic rings. The number of rotatable bonds is 3. The molecule has 68 valence electrons. The Kier molecular flexibility index (Phi) is 3.92. The van der Waals surface area contributed by atoms with E-state index in [4.69, 9.17) is 4.74 Å². The Morgan fingerprint density at radius 1 is 1.09 bits per heavy atom. The molecule has 11 heavy (non-hydrogen) atoms. The maximum absolute atomic E-state index is 5.13. The van der Waals surface area contributed by atoms with Crippen LogP contribution in [-0.4, -0.2) is 23.2 Å². The monoisotopic (exact) mass is 176 g/mol. The van der Waals surface area contributed by atoms with Crippen LogP contribution in [0.15, 0.2) is 0 Å². The molecule has 0 aliphatic carbocycles. The fourth-order valence-electron chi connectivity index (χ4n) is 1.21. The highest BCUT2D eigenvalue weighted by atomic mass is 32.2. The molecular weight excluding hydrogens is 156 g/mol. The molecular formula is C9H20OS. The van der Waals surface area contributed by atoms with E-state index >= 15 is 0 Å². The van der Waals surface area contributed by atoms with Crippen LogP contribution in [-0.2, 0) is 4.74 Å². The lowest BCUT2D eigenvalue weighted by Gasteiger charge is -2.31. The third kappa shape index (κ3) is 6.70. The van der Waals surface area contributed by atoms with E-state index in [0.717, 1.165) is 6.61 Å². The second-order valence-corrected chi connectivity index (χ2v) is 6.94. The lowest BCUT2D eigenvalue weighted by Crippen LogP contribution is -2.28. The van der Waals surface area contributed by atoms with Crippen molar-refractivity contribution in [2.75, 3.05) is 13.7 Å². The van der Waals surface area contributed by atoms with E-state index < -0.39 is 0 Å². The third-order valence-corrected chi connectivity index (χ3v) is 2.36. The molecule has 0 atom stereocenters. The first kappa shape index (κ1) is 11.3. The first-order valence-electron chi connectivity index (χ1n) is 3.96. The lowest BCUT2D eigenvalue weighted by atomic mass is 10.2. The summed E-state index contributed by atoms with van der Waals surface area (Å²) in [7, 11) is 1.75. The van der Waals surface area contributed by atoms with Crippen molar-refractivity contribution in [3.8, 4) is 0 Å². The fourth-order valence-corrected chi connectivity index (χ4v) is 3.04. The summed E-state index contributed by atoms with van der Waals surface area (Å²) < 4.78 is 5.68. The minimum Gasteiger partial charge on any atom is -0.383 e. The van der Waals surface area contributed by atoms with Gasteiger partial charge in [-0.15, -0.1) is 11.8 Å². The van der Waals surface area contributed by atoms with Gasteiger partial charge in [-0.05, 0) is 13.8 Å².